The highest BCUT2D eigenvalue weighted by Crippen LogP contribution is 2.34. The smallest absolute Gasteiger partial charge is 0.293 e. The van der Waals surface area contributed by atoms with Crippen molar-refractivity contribution in [2.45, 2.75) is 13.2 Å². The number of rotatable bonds is 6. The normalized spacial score (nSPS) is 14.9. The van der Waals surface area contributed by atoms with Crippen molar-refractivity contribution in [3.05, 3.63) is 102 Å². The third-order valence-electron chi connectivity index (χ3n) is 4.77. The van der Waals surface area contributed by atoms with Gasteiger partial charge in [-0.15, -0.1) is 0 Å². The first kappa shape index (κ1) is 24.0. The minimum atomic E-state index is -0.351. The lowest BCUT2D eigenvalue weighted by Gasteiger charge is -2.13. The topological polar surface area (TPSA) is 46.6 Å². The first-order chi connectivity index (χ1) is 15.8. The van der Waals surface area contributed by atoms with Crippen LogP contribution >= 0.6 is 58.2 Å². The average Bonchev–Trinajstić information content (AvgIpc) is 3.05. The maximum absolute atomic E-state index is 12.8. The van der Waals surface area contributed by atoms with E-state index in [1.165, 1.54) is 4.90 Å². The van der Waals surface area contributed by atoms with Gasteiger partial charge in [0, 0.05) is 0 Å². The molecule has 4 nitrogen and oxygen atoms in total. The Kier molecular flexibility index (Phi) is 7.57. The van der Waals surface area contributed by atoms with Crippen LogP contribution in [0.5, 0.6) is 5.75 Å². The van der Waals surface area contributed by atoms with Gasteiger partial charge < -0.3 is 4.74 Å². The van der Waals surface area contributed by atoms with E-state index in [0.717, 1.165) is 28.5 Å². The Hall–Kier alpha value is -2.15. The summed E-state index contributed by atoms with van der Waals surface area (Å²) >= 11 is 24.8. The van der Waals surface area contributed by atoms with E-state index >= 15 is 0 Å². The number of nitrogens with zero attached hydrogens (tertiary/aromatic N) is 1. The Morgan fingerprint density at radius 3 is 2.03 bits per heavy atom. The van der Waals surface area contributed by atoms with E-state index in [-0.39, 0.29) is 17.7 Å². The van der Waals surface area contributed by atoms with Gasteiger partial charge in [0.25, 0.3) is 11.1 Å². The zero-order valence-electron chi connectivity index (χ0n) is 16.9. The predicted molar refractivity (Wildman–Crippen MR) is 135 cm³/mol. The lowest BCUT2D eigenvalue weighted by atomic mass is 10.2. The second kappa shape index (κ2) is 10.4. The number of hydrogen-bond acceptors (Lipinski definition) is 4. The quantitative estimate of drug-likeness (QED) is 0.297. The highest BCUT2D eigenvalue weighted by atomic mass is 35.5. The molecule has 2 amide bonds. The Morgan fingerprint density at radius 1 is 0.788 bits per heavy atom. The molecule has 1 aliphatic rings. The summed E-state index contributed by atoms with van der Waals surface area (Å²) in [7, 11) is 0. The molecule has 0 aromatic heterocycles. The van der Waals surface area contributed by atoms with Crippen LogP contribution in [0.3, 0.4) is 0 Å². The third kappa shape index (κ3) is 5.86. The molecule has 1 aliphatic heterocycles. The van der Waals surface area contributed by atoms with E-state index in [4.69, 9.17) is 51.1 Å². The summed E-state index contributed by atoms with van der Waals surface area (Å²) in [4.78, 5) is 26.7. The molecule has 0 atom stereocenters. The molecule has 3 aromatic carbocycles. The number of halogens is 4. The molecular weight excluding hydrogens is 524 g/mol. The Balaban J connectivity index is 1.40. The van der Waals surface area contributed by atoms with Gasteiger partial charge in [-0.3, -0.25) is 14.5 Å². The van der Waals surface area contributed by atoms with Crippen molar-refractivity contribution in [3.63, 3.8) is 0 Å². The van der Waals surface area contributed by atoms with Gasteiger partial charge in [0.15, 0.2) is 0 Å². The van der Waals surface area contributed by atoms with Crippen LogP contribution in [-0.2, 0) is 17.9 Å². The van der Waals surface area contributed by atoms with Crippen molar-refractivity contribution in [2.24, 2.45) is 0 Å². The van der Waals surface area contributed by atoms with E-state index in [9.17, 15) is 9.59 Å². The van der Waals surface area contributed by atoms with Crippen LogP contribution < -0.4 is 4.74 Å². The molecule has 0 radical (unpaired) electrons. The summed E-state index contributed by atoms with van der Waals surface area (Å²) in [6, 6.07) is 17.6. The van der Waals surface area contributed by atoms with Gasteiger partial charge in [0.05, 0.1) is 31.5 Å². The zero-order chi connectivity index (χ0) is 23.5. The molecule has 168 valence electrons. The van der Waals surface area contributed by atoms with Gasteiger partial charge in [-0.25, -0.2) is 0 Å². The lowest BCUT2D eigenvalue weighted by Crippen LogP contribution is -2.27. The minimum absolute atomic E-state index is 0.125. The van der Waals surface area contributed by atoms with Crippen LogP contribution in [0, 0.1) is 0 Å². The number of thioether (sulfide) groups is 1. The molecule has 0 aliphatic carbocycles. The van der Waals surface area contributed by atoms with E-state index in [0.29, 0.717) is 37.4 Å². The fourth-order valence-electron chi connectivity index (χ4n) is 3.06. The molecule has 0 unspecified atom stereocenters. The van der Waals surface area contributed by atoms with Crippen LogP contribution in [0.4, 0.5) is 4.79 Å². The van der Waals surface area contributed by atoms with E-state index in [2.05, 4.69) is 0 Å². The van der Waals surface area contributed by atoms with Gasteiger partial charge in [-0.2, -0.15) is 0 Å². The molecule has 33 heavy (non-hydrogen) atoms. The molecule has 0 saturated carbocycles. The molecule has 1 fully saturated rings. The first-order valence-corrected chi connectivity index (χ1v) is 12.0. The number of ether oxygens (including phenoxy) is 1. The van der Waals surface area contributed by atoms with E-state index < -0.39 is 0 Å². The number of hydrogen-bond donors (Lipinski definition) is 0. The van der Waals surface area contributed by atoms with Crippen molar-refractivity contribution in [3.8, 4) is 5.75 Å². The van der Waals surface area contributed by atoms with E-state index in [1.807, 2.05) is 18.2 Å². The summed E-state index contributed by atoms with van der Waals surface area (Å²) in [5, 5.41) is 1.42. The molecule has 3 aromatic rings. The summed E-state index contributed by atoms with van der Waals surface area (Å²) < 4.78 is 5.77. The van der Waals surface area contributed by atoms with Crippen molar-refractivity contribution in [1.82, 2.24) is 4.90 Å². The van der Waals surface area contributed by atoms with Crippen molar-refractivity contribution < 1.29 is 14.3 Å². The lowest BCUT2D eigenvalue weighted by molar-refractivity contribution is -0.123. The molecule has 0 spiro atoms. The maximum atomic E-state index is 12.8. The number of carbonyl (C=O) groups excluding carboxylic acids is 2. The van der Waals surface area contributed by atoms with Crippen LogP contribution in [0.25, 0.3) is 6.08 Å². The van der Waals surface area contributed by atoms with Gasteiger partial charge in [0.2, 0.25) is 0 Å². The predicted octanol–water partition coefficient (Wildman–Crippen LogP) is 8.12. The van der Waals surface area contributed by atoms with Crippen LogP contribution in [-0.4, -0.2) is 16.0 Å². The highest BCUT2D eigenvalue weighted by molar-refractivity contribution is 8.18. The number of amides is 2. The molecule has 1 saturated heterocycles. The Morgan fingerprint density at radius 2 is 1.39 bits per heavy atom. The molecule has 4 rings (SSSR count). The number of carbonyl (C=O) groups is 2. The van der Waals surface area contributed by atoms with Gasteiger partial charge in [-0.05, 0) is 70.9 Å². The fourth-order valence-corrected chi connectivity index (χ4v) is 4.54. The molecule has 1 heterocycles. The summed E-state index contributed by atoms with van der Waals surface area (Å²) in [5.74, 6) is 0.307. The molecule has 9 heteroatoms. The summed E-state index contributed by atoms with van der Waals surface area (Å²) in [6.45, 7) is 0.463. The van der Waals surface area contributed by atoms with Gasteiger partial charge >= 0.3 is 0 Å². The minimum Gasteiger partial charge on any atom is -0.489 e. The third-order valence-corrected chi connectivity index (χ3v) is 7.15. The molecule has 0 bridgehead atoms. The Bertz CT molecular complexity index is 1260. The Labute approximate surface area is 215 Å². The van der Waals surface area contributed by atoms with Crippen LogP contribution in [0.15, 0.2) is 65.6 Å². The van der Waals surface area contributed by atoms with Crippen LogP contribution in [0.1, 0.15) is 16.7 Å². The fraction of sp³-hybridized carbons (Fsp3) is 0.0833. The second-order valence-corrected chi connectivity index (χ2v) is 9.74. The van der Waals surface area contributed by atoms with Crippen LogP contribution in [0.2, 0.25) is 20.1 Å². The largest absolute Gasteiger partial charge is 0.489 e. The van der Waals surface area contributed by atoms with Crippen molar-refractivity contribution in [2.75, 3.05) is 0 Å². The van der Waals surface area contributed by atoms with E-state index in [1.54, 1.807) is 48.5 Å². The van der Waals surface area contributed by atoms with Gasteiger partial charge in [0.1, 0.15) is 12.4 Å². The molecule has 0 N–H and O–H groups in total. The summed E-state index contributed by atoms with van der Waals surface area (Å²) in [5.41, 5.74) is 2.39. The maximum Gasteiger partial charge on any atom is 0.293 e. The first-order valence-electron chi connectivity index (χ1n) is 9.66. The second-order valence-electron chi connectivity index (χ2n) is 7.12. The average molecular weight is 539 g/mol. The highest BCUT2D eigenvalue weighted by Gasteiger charge is 2.35. The SMILES string of the molecule is O=C1S/C(=C\c2ccc(OCc3ccc(Cl)c(Cl)c3)cc2)C(=O)N1Cc1ccc(Cl)c(Cl)c1. The standard InChI is InChI=1S/C24H15Cl4NO3S/c25-18-7-3-15(9-20(18)27)12-29-23(30)22(33-24(29)31)11-14-1-5-17(6-2-14)32-13-16-4-8-19(26)21(28)10-16/h1-11H,12-13H2/b22-11-. The summed E-state index contributed by atoms with van der Waals surface area (Å²) in [6.07, 6.45) is 1.68. The number of benzene rings is 3. The monoisotopic (exact) mass is 537 g/mol. The number of imide groups is 1. The van der Waals surface area contributed by atoms with Crippen molar-refractivity contribution >= 4 is 75.4 Å². The van der Waals surface area contributed by atoms with Crippen molar-refractivity contribution in [1.29, 1.82) is 0 Å². The van der Waals surface area contributed by atoms with Gasteiger partial charge in [-0.1, -0.05) is 70.7 Å². The molecular formula is C24H15Cl4NO3S. The zero-order valence-corrected chi connectivity index (χ0v) is 20.7.